The first-order chi connectivity index (χ1) is 15.7. The molecule has 1 aromatic heterocycles. The van der Waals surface area contributed by atoms with Gasteiger partial charge in [0.15, 0.2) is 0 Å². The summed E-state index contributed by atoms with van der Waals surface area (Å²) in [6.45, 7) is 3.37. The molecule has 1 aliphatic carbocycles. The van der Waals surface area contributed by atoms with Crippen LogP contribution >= 0.6 is 0 Å². The maximum Gasteiger partial charge on any atom is 0.119 e. The van der Waals surface area contributed by atoms with E-state index in [1.165, 1.54) is 43.4 Å². The van der Waals surface area contributed by atoms with Gasteiger partial charge in [0, 0.05) is 38.1 Å². The maximum atomic E-state index is 10.9. The lowest BCUT2D eigenvalue weighted by atomic mass is 9.89. The number of methoxy groups -OCH3 is 1. The summed E-state index contributed by atoms with van der Waals surface area (Å²) in [5.41, 5.74) is 3.50. The molecule has 4 nitrogen and oxygen atoms in total. The minimum atomic E-state index is -0.471. The van der Waals surface area contributed by atoms with Gasteiger partial charge < -0.3 is 14.4 Å². The zero-order chi connectivity index (χ0) is 22.2. The number of aliphatic hydroxyl groups is 1. The second-order valence-electron chi connectivity index (χ2n) is 9.10. The molecule has 0 saturated heterocycles. The van der Waals surface area contributed by atoms with Crippen LogP contribution in [0.2, 0.25) is 0 Å². The summed E-state index contributed by atoms with van der Waals surface area (Å²) in [5.74, 6) is 1.62. The van der Waals surface area contributed by atoms with E-state index in [0.29, 0.717) is 6.54 Å². The molecule has 0 unspecified atom stereocenters. The van der Waals surface area contributed by atoms with Gasteiger partial charge in [-0.1, -0.05) is 61.7 Å². The van der Waals surface area contributed by atoms with Gasteiger partial charge in [0.1, 0.15) is 5.75 Å². The van der Waals surface area contributed by atoms with Crippen molar-refractivity contribution in [1.82, 2.24) is 9.47 Å². The van der Waals surface area contributed by atoms with E-state index in [-0.39, 0.29) is 0 Å². The van der Waals surface area contributed by atoms with Crippen LogP contribution in [0.1, 0.15) is 55.0 Å². The summed E-state index contributed by atoms with van der Waals surface area (Å²) in [4.78, 5) is 2.46. The summed E-state index contributed by atoms with van der Waals surface area (Å²) in [7, 11) is 1.71. The molecule has 32 heavy (non-hydrogen) atoms. The van der Waals surface area contributed by atoms with Crippen LogP contribution < -0.4 is 4.74 Å². The highest BCUT2D eigenvalue weighted by Crippen LogP contribution is 2.26. The Bertz CT molecular complexity index is 947. The average Bonchev–Trinajstić information content (AvgIpc) is 3.26. The van der Waals surface area contributed by atoms with Crippen LogP contribution in [0, 0.1) is 5.92 Å². The van der Waals surface area contributed by atoms with Gasteiger partial charge in [-0.25, -0.2) is 0 Å². The van der Waals surface area contributed by atoms with E-state index >= 15 is 0 Å². The zero-order valence-electron chi connectivity index (χ0n) is 19.2. The molecule has 1 aliphatic rings. The number of benzene rings is 2. The Morgan fingerprint density at radius 3 is 2.59 bits per heavy atom. The molecular formula is C28H36N2O2. The van der Waals surface area contributed by atoms with Gasteiger partial charge in [0.05, 0.1) is 13.2 Å². The highest BCUT2D eigenvalue weighted by molar-refractivity contribution is 5.29. The fourth-order valence-corrected chi connectivity index (χ4v) is 4.91. The van der Waals surface area contributed by atoms with E-state index in [1.54, 1.807) is 7.11 Å². The number of nitrogens with zero attached hydrogens (tertiary/aromatic N) is 2. The second kappa shape index (κ2) is 11.3. The van der Waals surface area contributed by atoms with Crippen molar-refractivity contribution in [3.63, 3.8) is 0 Å². The SMILES string of the molecule is COc1cccc(Cn2cccc2CN(CC2CCCCC2)C[C@@H](O)c2ccccc2)c1. The van der Waals surface area contributed by atoms with E-state index in [2.05, 4.69) is 39.9 Å². The number of hydrogen-bond donors (Lipinski definition) is 1. The van der Waals surface area contributed by atoms with Crippen molar-refractivity contribution < 1.29 is 9.84 Å². The molecule has 0 radical (unpaired) electrons. The molecule has 4 rings (SSSR count). The van der Waals surface area contributed by atoms with E-state index < -0.39 is 6.10 Å². The van der Waals surface area contributed by atoms with E-state index in [4.69, 9.17) is 4.74 Å². The fraction of sp³-hybridized carbons (Fsp3) is 0.429. The third-order valence-electron chi connectivity index (χ3n) is 6.65. The largest absolute Gasteiger partial charge is 0.497 e. The molecule has 0 spiro atoms. The maximum absolute atomic E-state index is 10.9. The molecule has 1 atom stereocenters. The molecule has 1 fully saturated rings. The Morgan fingerprint density at radius 2 is 1.81 bits per heavy atom. The van der Waals surface area contributed by atoms with Gasteiger partial charge in [-0.15, -0.1) is 0 Å². The average molecular weight is 433 g/mol. The van der Waals surface area contributed by atoms with E-state index in [1.807, 2.05) is 42.5 Å². The third-order valence-corrected chi connectivity index (χ3v) is 6.65. The molecule has 1 saturated carbocycles. The quantitative estimate of drug-likeness (QED) is 0.449. The number of ether oxygens (including phenoxy) is 1. The normalized spacial score (nSPS) is 15.7. The monoisotopic (exact) mass is 432 g/mol. The van der Waals surface area contributed by atoms with Gasteiger partial charge in [-0.05, 0) is 54.2 Å². The summed E-state index contributed by atoms with van der Waals surface area (Å²) in [5, 5.41) is 10.9. The van der Waals surface area contributed by atoms with Crippen molar-refractivity contribution in [3.8, 4) is 5.75 Å². The van der Waals surface area contributed by atoms with Crippen molar-refractivity contribution in [2.45, 2.75) is 51.3 Å². The summed E-state index contributed by atoms with van der Waals surface area (Å²) in [6.07, 6.45) is 8.35. The second-order valence-corrected chi connectivity index (χ2v) is 9.10. The number of aliphatic hydroxyl groups excluding tert-OH is 1. The Morgan fingerprint density at radius 1 is 1.00 bits per heavy atom. The Balaban J connectivity index is 1.48. The Hall–Kier alpha value is -2.56. The van der Waals surface area contributed by atoms with Crippen LogP contribution in [-0.2, 0) is 13.1 Å². The van der Waals surface area contributed by atoms with Crippen LogP contribution in [0.25, 0.3) is 0 Å². The van der Waals surface area contributed by atoms with Gasteiger partial charge in [-0.3, -0.25) is 4.90 Å². The molecule has 2 aromatic carbocycles. The van der Waals surface area contributed by atoms with Gasteiger partial charge in [-0.2, -0.15) is 0 Å². The van der Waals surface area contributed by atoms with E-state index in [9.17, 15) is 5.11 Å². The van der Waals surface area contributed by atoms with Gasteiger partial charge >= 0.3 is 0 Å². The number of rotatable bonds is 10. The lowest BCUT2D eigenvalue weighted by Gasteiger charge is -2.31. The van der Waals surface area contributed by atoms with Crippen molar-refractivity contribution in [2.24, 2.45) is 5.92 Å². The molecule has 0 amide bonds. The topological polar surface area (TPSA) is 37.6 Å². The first kappa shape index (κ1) is 22.6. The van der Waals surface area contributed by atoms with Crippen molar-refractivity contribution in [2.75, 3.05) is 20.2 Å². The van der Waals surface area contributed by atoms with Crippen molar-refractivity contribution in [1.29, 1.82) is 0 Å². The molecule has 1 heterocycles. The highest BCUT2D eigenvalue weighted by Gasteiger charge is 2.21. The molecule has 0 aliphatic heterocycles. The lowest BCUT2D eigenvalue weighted by Crippen LogP contribution is -2.34. The number of aromatic nitrogens is 1. The first-order valence-corrected chi connectivity index (χ1v) is 11.9. The first-order valence-electron chi connectivity index (χ1n) is 11.9. The van der Waals surface area contributed by atoms with Crippen molar-refractivity contribution in [3.05, 3.63) is 89.7 Å². The lowest BCUT2D eigenvalue weighted by molar-refractivity contribution is 0.0914. The predicted molar refractivity (Wildman–Crippen MR) is 130 cm³/mol. The number of hydrogen-bond acceptors (Lipinski definition) is 3. The molecule has 1 N–H and O–H groups in total. The van der Waals surface area contributed by atoms with Crippen LogP contribution in [-0.4, -0.2) is 34.8 Å². The van der Waals surface area contributed by atoms with Crippen molar-refractivity contribution >= 4 is 0 Å². The van der Waals surface area contributed by atoms with E-state index in [0.717, 1.165) is 36.9 Å². The van der Waals surface area contributed by atoms with Gasteiger partial charge in [0.2, 0.25) is 0 Å². The Labute approximate surface area is 192 Å². The zero-order valence-corrected chi connectivity index (χ0v) is 19.2. The smallest absolute Gasteiger partial charge is 0.119 e. The molecule has 3 aromatic rings. The highest BCUT2D eigenvalue weighted by atomic mass is 16.5. The fourth-order valence-electron chi connectivity index (χ4n) is 4.91. The predicted octanol–water partition coefficient (Wildman–Crippen LogP) is 5.66. The standard InChI is InChI=1S/C28H36N2O2/c1-32-27-16-8-12-24(18-27)20-30-17-9-15-26(30)21-29(19-23-10-4-2-5-11-23)22-28(31)25-13-6-3-7-14-25/h3,6-9,12-18,23,28,31H,2,4-5,10-11,19-22H2,1H3/t28-/m1/s1. The molecule has 0 bridgehead atoms. The Kier molecular flexibility index (Phi) is 8.02. The summed E-state index contributed by atoms with van der Waals surface area (Å²) >= 11 is 0. The molecular weight excluding hydrogens is 396 g/mol. The minimum Gasteiger partial charge on any atom is -0.497 e. The van der Waals surface area contributed by atoms with Crippen LogP contribution in [0.3, 0.4) is 0 Å². The third kappa shape index (κ3) is 6.24. The van der Waals surface area contributed by atoms with Gasteiger partial charge in [0.25, 0.3) is 0 Å². The minimum absolute atomic E-state index is 0.471. The van der Waals surface area contributed by atoms with Crippen LogP contribution in [0.4, 0.5) is 0 Å². The summed E-state index contributed by atoms with van der Waals surface area (Å²) < 4.78 is 7.71. The van der Waals surface area contributed by atoms with Crippen LogP contribution in [0.5, 0.6) is 5.75 Å². The molecule has 170 valence electrons. The summed E-state index contributed by atoms with van der Waals surface area (Å²) in [6, 6.07) is 22.7. The van der Waals surface area contributed by atoms with Crippen LogP contribution in [0.15, 0.2) is 72.9 Å². The molecule has 4 heteroatoms.